The molecule has 0 aromatic heterocycles. The Morgan fingerprint density at radius 2 is 1.35 bits per heavy atom. The number of rotatable bonds is 3. The van der Waals surface area contributed by atoms with Crippen molar-refractivity contribution in [3.63, 3.8) is 0 Å². The van der Waals surface area contributed by atoms with Crippen LogP contribution in [0.2, 0.25) is 0 Å². The van der Waals surface area contributed by atoms with Crippen LogP contribution in [0.4, 0.5) is 0 Å². The van der Waals surface area contributed by atoms with Gasteiger partial charge < -0.3 is 0 Å². The van der Waals surface area contributed by atoms with Crippen LogP contribution in [0.3, 0.4) is 0 Å². The molecule has 0 spiro atoms. The molecule has 0 aliphatic heterocycles. The molecule has 2 rings (SSSR count). The van der Waals surface area contributed by atoms with Crippen LogP contribution in [-0.2, 0) is 9.09 Å². The van der Waals surface area contributed by atoms with E-state index < -0.39 is 8.03 Å². The summed E-state index contributed by atoms with van der Waals surface area (Å²) in [4.78, 5) is 0. The Kier molecular flexibility index (Phi) is 3.68. The van der Waals surface area contributed by atoms with E-state index in [9.17, 15) is 4.57 Å². The maximum absolute atomic E-state index is 11.4. The van der Waals surface area contributed by atoms with Gasteiger partial charge in [-0.3, -0.25) is 0 Å². The van der Waals surface area contributed by atoms with Crippen LogP contribution in [0.5, 0.6) is 0 Å². The normalized spacial score (nSPS) is 11.3. The average molecular weight is 245 g/mol. The van der Waals surface area contributed by atoms with Crippen molar-refractivity contribution in [3.8, 4) is 11.1 Å². The Hall–Kier alpha value is -1.50. The smallest absolute Gasteiger partial charge is 0.145 e. The van der Waals surface area contributed by atoms with E-state index in [-0.39, 0.29) is 0 Å². The van der Waals surface area contributed by atoms with E-state index in [0.29, 0.717) is 0 Å². The molecule has 0 aliphatic carbocycles. The quantitative estimate of drug-likeness (QED) is 0.771. The van der Waals surface area contributed by atoms with Crippen molar-refractivity contribution in [2.75, 3.05) is 7.11 Å². The lowest BCUT2D eigenvalue weighted by Gasteiger charge is -2.01. The van der Waals surface area contributed by atoms with Crippen LogP contribution in [0, 0.1) is 6.92 Å². The van der Waals surface area contributed by atoms with Crippen LogP contribution >= 0.6 is 8.03 Å². The molecule has 0 fully saturated rings. The molecule has 2 aromatic rings. The van der Waals surface area contributed by atoms with E-state index in [1.807, 2.05) is 24.3 Å². The molecule has 3 heteroatoms. The second kappa shape index (κ2) is 5.22. The van der Waals surface area contributed by atoms with E-state index in [1.165, 1.54) is 12.7 Å². The highest BCUT2D eigenvalue weighted by atomic mass is 31.1. The SMILES string of the molecule is CO[P+](=O)c1ccc(-c2ccc(C)cc2)cc1. The predicted molar refractivity (Wildman–Crippen MR) is 70.9 cm³/mol. The van der Waals surface area contributed by atoms with Crippen LogP contribution in [0.25, 0.3) is 11.1 Å². The molecule has 0 saturated heterocycles. The molecule has 0 radical (unpaired) electrons. The first kappa shape index (κ1) is 12.0. The third kappa shape index (κ3) is 2.79. The Morgan fingerprint density at radius 1 is 0.882 bits per heavy atom. The van der Waals surface area contributed by atoms with Crippen molar-refractivity contribution in [3.05, 3.63) is 54.1 Å². The molecule has 0 aliphatic rings. The molecule has 1 atom stereocenters. The lowest BCUT2D eigenvalue weighted by Crippen LogP contribution is -1.95. The fraction of sp³-hybridized carbons (Fsp3) is 0.143. The lowest BCUT2D eigenvalue weighted by molar-refractivity contribution is 0.423. The van der Waals surface area contributed by atoms with Crippen molar-refractivity contribution in [1.82, 2.24) is 0 Å². The van der Waals surface area contributed by atoms with E-state index >= 15 is 0 Å². The molecule has 17 heavy (non-hydrogen) atoms. The zero-order valence-electron chi connectivity index (χ0n) is 9.88. The summed E-state index contributed by atoms with van der Waals surface area (Å²) in [5, 5.41) is 0.721. The van der Waals surface area contributed by atoms with Crippen LogP contribution in [0.1, 0.15) is 5.56 Å². The first-order chi connectivity index (χ1) is 8.20. The first-order valence-corrected chi connectivity index (χ1v) is 6.57. The van der Waals surface area contributed by atoms with Crippen molar-refractivity contribution in [2.45, 2.75) is 6.92 Å². The van der Waals surface area contributed by atoms with E-state index in [1.54, 1.807) is 0 Å². The van der Waals surface area contributed by atoms with Gasteiger partial charge >= 0.3 is 8.03 Å². The summed E-state index contributed by atoms with van der Waals surface area (Å²) < 4.78 is 16.2. The third-order valence-corrected chi connectivity index (χ3v) is 3.68. The van der Waals surface area contributed by atoms with Crippen LogP contribution in [0.15, 0.2) is 48.5 Å². The van der Waals surface area contributed by atoms with Gasteiger partial charge in [-0.15, -0.1) is 4.52 Å². The van der Waals surface area contributed by atoms with Gasteiger partial charge in [-0.2, -0.15) is 0 Å². The summed E-state index contributed by atoms with van der Waals surface area (Å²) in [6.07, 6.45) is 0. The second-order valence-electron chi connectivity index (χ2n) is 3.85. The van der Waals surface area contributed by atoms with Gasteiger partial charge in [-0.25, -0.2) is 0 Å². The van der Waals surface area contributed by atoms with Gasteiger partial charge in [-0.05, 0) is 46.9 Å². The largest absolute Gasteiger partial charge is 0.548 e. The van der Waals surface area contributed by atoms with Crippen molar-refractivity contribution >= 4 is 13.3 Å². The number of hydrogen-bond acceptors (Lipinski definition) is 2. The summed E-state index contributed by atoms with van der Waals surface area (Å²) in [5.74, 6) is 0. The molecular weight excluding hydrogens is 231 g/mol. The number of benzene rings is 2. The van der Waals surface area contributed by atoms with Crippen molar-refractivity contribution in [2.24, 2.45) is 0 Å². The van der Waals surface area contributed by atoms with Gasteiger partial charge in [0.1, 0.15) is 0 Å². The number of aryl methyl sites for hydroxylation is 1. The highest BCUT2D eigenvalue weighted by Crippen LogP contribution is 2.23. The van der Waals surface area contributed by atoms with Gasteiger partial charge in [0, 0.05) is 0 Å². The van der Waals surface area contributed by atoms with Gasteiger partial charge in [0.2, 0.25) is 5.30 Å². The van der Waals surface area contributed by atoms with E-state index in [0.717, 1.165) is 16.4 Å². The zero-order chi connectivity index (χ0) is 12.3. The summed E-state index contributed by atoms with van der Waals surface area (Å²) in [5.41, 5.74) is 3.52. The van der Waals surface area contributed by atoms with Gasteiger partial charge in [0.05, 0.1) is 7.11 Å². The molecule has 0 N–H and O–H groups in total. The average Bonchev–Trinajstić information content (AvgIpc) is 2.39. The van der Waals surface area contributed by atoms with Crippen LogP contribution < -0.4 is 5.30 Å². The minimum atomic E-state index is -1.71. The fourth-order valence-electron chi connectivity index (χ4n) is 1.63. The highest BCUT2D eigenvalue weighted by Gasteiger charge is 2.18. The molecule has 0 amide bonds. The van der Waals surface area contributed by atoms with Crippen molar-refractivity contribution in [1.29, 1.82) is 0 Å². The predicted octanol–water partition coefficient (Wildman–Crippen LogP) is 3.68. The minimum absolute atomic E-state index is 0.721. The topological polar surface area (TPSA) is 26.3 Å². The van der Waals surface area contributed by atoms with E-state index in [2.05, 4.69) is 31.2 Å². The maximum atomic E-state index is 11.4. The lowest BCUT2D eigenvalue weighted by atomic mass is 10.0. The molecule has 2 aromatic carbocycles. The standard InChI is InChI=1S/C14H14O2P/c1-11-3-5-12(6-4-11)13-7-9-14(10-8-13)17(15)16-2/h3-10H,1-2H3/q+1. The van der Waals surface area contributed by atoms with Gasteiger partial charge in [0.15, 0.2) is 0 Å². The first-order valence-electron chi connectivity index (χ1n) is 5.39. The second-order valence-corrected chi connectivity index (χ2v) is 5.25. The van der Waals surface area contributed by atoms with Gasteiger partial charge in [0.25, 0.3) is 0 Å². The minimum Gasteiger partial charge on any atom is -0.145 e. The molecule has 0 bridgehead atoms. The van der Waals surface area contributed by atoms with E-state index in [4.69, 9.17) is 4.52 Å². The summed E-state index contributed by atoms with van der Waals surface area (Å²) in [6.45, 7) is 2.07. The Labute approximate surface area is 102 Å². The molecule has 1 unspecified atom stereocenters. The maximum Gasteiger partial charge on any atom is 0.548 e. The van der Waals surface area contributed by atoms with Gasteiger partial charge in [-0.1, -0.05) is 29.8 Å². The summed E-state index contributed by atoms with van der Waals surface area (Å²) in [6, 6.07) is 16.0. The highest BCUT2D eigenvalue weighted by molar-refractivity contribution is 7.48. The Balaban J connectivity index is 2.29. The zero-order valence-corrected chi connectivity index (χ0v) is 10.8. The monoisotopic (exact) mass is 245 g/mol. The Bertz CT molecular complexity index is 515. The molecule has 0 saturated carbocycles. The Morgan fingerprint density at radius 3 is 1.82 bits per heavy atom. The fourth-order valence-corrected chi connectivity index (χ4v) is 2.23. The molecule has 0 heterocycles. The van der Waals surface area contributed by atoms with Crippen molar-refractivity contribution < 1.29 is 9.09 Å². The third-order valence-electron chi connectivity index (χ3n) is 2.63. The number of hydrogen-bond donors (Lipinski definition) is 0. The summed E-state index contributed by atoms with van der Waals surface area (Å²) >= 11 is 0. The molecule has 2 nitrogen and oxygen atoms in total. The summed E-state index contributed by atoms with van der Waals surface area (Å²) in [7, 11) is -0.259. The molecular formula is C14H14O2P+. The molecule has 86 valence electrons. The van der Waals surface area contributed by atoms with Crippen LogP contribution in [-0.4, -0.2) is 7.11 Å².